The van der Waals surface area contributed by atoms with Gasteiger partial charge in [-0.15, -0.1) is 5.10 Å². The van der Waals surface area contributed by atoms with Gasteiger partial charge >= 0.3 is 6.18 Å². The summed E-state index contributed by atoms with van der Waals surface area (Å²) in [6.07, 6.45) is -5.21. The van der Waals surface area contributed by atoms with E-state index in [1.54, 1.807) is 0 Å². The van der Waals surface area contributed by atoms with Crippen molar-refractivity contribution in [1.82, 2.24) is 20.3 Å². The summed E-state index contributed by atoms with van der Waals surface area (Å²) < 4.78 is 64.2. The molecular weight excluding hydrogens is 371 g/mol. The Kier molecular flexibility index (Phi) is 5.22. The Morgan fingerprint density at radius 2 is 1.93 bits per heavy atom. The fraction of sp³-hybridized carbons (Fsp3) is 0.529. The molecule has 3 atom stereocenters. The van der Waals surface area contributed by atoms with Gasteiger partial charge in [0, 0.05) is 12.5 Å². The van der Waals surface area contributed by atoms with Crippen LogP contribution in [0.5, 0.6) is 0 Å². The summed E-state index contributed by atoms with van der Waals surface area (Å²) in [5.41, 5.74) is -1.39. The summed E-state index contributed by atoms with van der Waals surface area (Å²) in [7, 11) is 0. The number of nitrogens with one attached hydrogen (secondary N) is 1. The fourth-order valence-electron chi connectivity index (χ4n) is 3.49. The lowest BCUT2D eigenvalue weighted by Crippen LogP contribution is -2.47. The van der Waals surface area contributed by atoms with E-state index in [2.05, 4.69) is 15.6 Å². The van der Waals surface area contributed by atoms with Crippen LogP contribution in [-0.2, 0) is 18.3 Å². The van der Waals surface area contributed by atoms with Gasteiger partial charge in [-0.05, 0) is 31.0 Å². The number of rotatable bonds is 4. The van der Waals surface area contributed by atoms with Crippen LogP contribution in [0, 0.1) is 0 Å². The quantitative estimate of drug-likeness (QED) is 0.787. The molecule has 1 aliphatic rings. The van der Waals surface area contributed by atoms with Crippen molar-refractivity contribution >= 4 is 0 Å². The zero-order chi connectivity index (χ0) is 19.8. The predicted molar refractivity (Wildman–Crippen MR) is 85.9 cm³/mol. The van der Waals surface area contributed by atoms with Crippen molar-refractivity contribution in [3.63, 3.8) is 0 Å². The number of hydrogen-bond donors (Lipinski definition) is 2. The summed E-state index contributed by atoms with van der Waals surface area (Å²) in [5.74, 6) is 0. The maximum Gasteiger partial charge on any atom is 0.416 e. The first kappa shape index (κ1) is 19.7. The van der Waals surface area contributed by atoms with Gasteiger partial charge in [-0.25, -0.2) is 13.5 Å². The van der Waals surface area contributed by atoms with Crippen LogP contribution in [-0.4, -0.2) is 32.6 Å². The SMILES string of the molecule is C[C@H]1CC(O)(c2ccc(C(F)(F)F)cc2)C[C@@H](c2cn(CC(F)F)nn2)N1. The molecule has 1 aliphatic heterocycles. The number of halogens is 5. The van der Waals surface area contributed by atoms with Gasteiger partial charge in [0.1, 0.15) is 6.54 Å². The molecule has 1 fully saturated rings. The lowest BCUT2D eigenvalue weighted by atomic mass is 9.78. The maximum atomic E-state index is 12.8. The van der Waals surface area contributed by atoms with E-state index < -0.39 is 36.4 Å². The number of nitrogens with zero attached hydrogens (tertiary/aromatic N) is 3. The van der Waals surface area contributed by atoms with Crippen LogP contribution in [0.25, 0.3) is 0 Å². The average Bonchev–Trinajstić information content (AvgIpc) is 3.01. The molecule has 3 rings (SSSR count). The molecule has 148 valence electrons. The first-order chi connectivity index (χ1) is 12.6. The number of aromatic nitrogens is 3. The van der Waals surface area contributed by atoms with Crippen LogP contribution in [0.1, 0.15) is 42.6 Å². The van der Waals surface area contributed by atoms with Crippen LogP contribution < -0.4 is 5.32 Å². The smallest absolute Gasteiger partial charge is 0.385 e. The summed E-state index contributed by atoms with van der Waals surface area (Å²) in [4.78, 5) is 0. The molecule has 0 radical (unpaired) electrons. The molecule has 1 aromatic carbocycles. The predicted octanol–water partition coefficient (Wildman–Crippen LogP) is 3.26. The second kappa shape index (κ2) is 7.16. The summed E-state index contributed by atoms with van der Waals surface area (Å²) in [6.45, 7) is 1.24. The minimum absolute atomic E-state index is 0.135. The Morgan fingerprint density at radius 3 is 2.52 bits per heavy atom. The standard InChI is InChI=1S/C17H19F5N4O/c1-10-6-16(27,11-2-4-12(5-3-11)17(20,21)22)7-13(23-10)14-8-26(25-24-14)9-15(18)19/h2-5,8,10,13,15,23,27H,6-7,9H2,1H3/t10-,13-,16?/m0/s1. The van der Waals surface area contributed by atoms with E-state index >= 15 is 0 Å². The molecule has 2 heterocycles. The third-order valence-corrected chi connectivity index (χ3v) is 4.66. The zero-order valence-electron chi connectivity index (χ0n) is 14.4. The summed E-state index contributed by atoms with van der Waals surface area (Å²) in [6, 6.07) is 3.78. The van der Waals surface area contributed by atoms with Crippen molar-refractivity contribution in [2.24, 2.45) is 0 Å². The van der Waals surface area contributed by atoms with Crippen molar-refractivity contribution < 1.29 is 27.1 Å². The molecule has 0 spiro atoms. The zero-order valence-corrected chi connectivity index (χ0v) is 14.4. The van der Waals surface area contributed by atoms with Crippen LogP contribution >= 0.6 is 0 Å². The van der Waals surface area contributed by atoms with E-state index in [9.17, 15) is 27.1 Å². The Morgan fingerprint density at radius 1 is 1.26 bits per heavy atom. The Labute approximate surface area is 152 Å². The second-order valence-electron chi connectivity index (χ2n) is 6.89. The van der Waals surface area contributed by atoms with E-state index in [0.717, 1.165) is 16.8 Å². The molecular formula is C17H19F5N4O. The second-order valence-corrected chi connectivity index (χ2v) is 6.89. The molecule has 0 aliphatic carbocycles. The molecule has 1 saturated heterocycles. The Bertz CT molecular complexity index is 776. The molecule has 10 heteroatoms. The van der Waals surface area contributed by atoms with E-state index in [4.69, 9.17) is 0 Å². The van der Waals surface area contributed by atoms with Crippen LogP contribution in [0.4, 0.5) is 22.0 Å². The van der Waals surface area contributed by atoms with Crippen LogP contribution in [0.2, 0.25) is 0 Å². The van der Waals surface area contributed by atoms with Gasteiger partial charge < -0.3 is 10.4 Å². The third kappa shape index (κ3) is 4.44. The van der Waals surface area contributed by atoms with E-state index in [0.29, 0.717) is 17.7 Å². The van der Waals surface area contributed by atoms with Crippen molar-refractivity contribution in [2.75, 3.05) is 0 Å². The Balaban J connectivity index is 1.82. The highest BCUT2D eigenvalue weighted by Gasteiger charge is 2.41. The third-order valence-electron chi connectivity index (χ3n) is 4.66. The van der Waals surface area contributed by atoms with Crippen LogP contribution in [0.15, 0.2) is 30.5 Å². The molecule has 0 bridgehead atoms. The molecule has 0 saturated carbocycles. The van der Waals surface area contributed by atoms with Gasteiger partial charge in [0.2, 0.25) is 0 Å². The molecule has 27 heavy (non-hydrogen) atoms. The summed E-state index contributed by atoms with van der Waals surface area (Å²) in [5, 5.41) is 21.9. The first-order valence-corrected chi connectivity index (χ1v) is 8.41. The normalized spacial score (nSPS) is 26.5. The van der Waals surface area contributed by atoms with E-state index in [1.807, 2.05) is 6.92 Å². The highest BCUT2D eigenvalue weighted by molar-refractivity contribution is 5.30. The van der Waals surface area contributed by atoms with Crippen molar-refractivity contribution in [3.8, 4) is 0 Å². The fourth-order valence-corrected chi connectivity index (χ4v) is 3.49. The minimum Gasteiger partial charge on any atom is -0.385 e. The molecule has 2 aromatic rings. The Hall–Kier alpha value is -2.07. The molecule has 0 amide bonds. The molecule has 5 nitrogen and oxygen atoms in total. The maximum absolute atomic E-state index is 12.8. The lowest BCUT2D eigenvalue weighted by Gasteiger charge is -2.40. The molecule has 2 N–H and O–H groups in total. The lowest BCUT2D eigenvalue weighted by molar-refractivity contribution is -0.137. The van der Waals surface area contributed by atoms with Crippen molar-refractivity contribution in [2.45, 2.75) is 56.6 Å². The first-order valence-electron chi connectivity index (χ1n) is 8.41. The number of aliphatic hydroxyl groups is 1. The summed E-state index contributed by atoms with van der Waals surface area (Å²) >= 11 is 0. The minimum atomic E-state index is -4.45. The van der Waals surface area contributed by atoms with Crippen LogP contribution in [0.3, 0.4) is 0 Å². The van der Waals surface area contributed by atoms with E-state index in [-0.39, 0.29) is 12.5 Å². The topological polar surface area (TPSA) is 63.0 Å². The average molecular weight is 390 g/mol. The van der Waals surface area contributed by atoms with Gasteiger partial charge in [0.15, 0.2) is 0 Å². The van der Waals surface area contributed by atoms with Gasteiger partial charge in [-0.1, -0.05) is 17.3 Å². The number of piperidine rings is 1. The molecule has 1 aromatic heterocycles. The number of alkyl halides is 5. The van der Waals surface area contributed by atoms with Gasteiger partial charge in [-0.2, -0.15) is 13.2 Å². The monoisotopic (exact) mass is 390 g/mol. The van der Waals surface area contributed by atoms with Crippen molar-refractivity contribution in [3.05, 3.63) is 47.3 Å². The van der Waals surface area contributed by atoms with Crippen molar-refractivity contribution in [1.29, 1.82) is 0 Å². The number of hydrogen-bond acceptors (Lipinski definition) is 4. The van der Waals surface area contributed by atoms with Gasteiger partial charge in [0.25, 0.3) is 6.43 Å². The van der Waals surface area contributed by atoms with E-state index in [1.165, 1.54) is 18.3 Å². The largest absolute Gasteiger partial charge is 0.416 e. The number of benzene rings is 1. The molecule has 1 unspecified atom stereocenters. The highest BCUT2D eigenvalue weighted by atomic mass is 19.4. The highest BCUT2D eigenvalue weighted by Crippen LogP contribution is 2.40. The van der Waals surface area contributed by atoms with Gasteiger partial charge in [0.05, 0.1) is 29.1 Å². The van der Waals surface area contributed by atoms with Gasteiger partial charge in [-0.3, -0.25) is 0 Å².